The van der Waals surface area contributed by atoms with E-state index in [9.17, 15) is 9.59 Å². The molecule has 1 aliphatic rings. The number of nitrogens with zero attached hydrogens (tertiary/aromatic N) is 2. The molecule has 1 saturated carbocycles. The Bertz CT molecular complexity index is 631. The average Bonchev–Trinajstić information content (AvgIpc) is 2.86. The van der Waals surface area contributed by atoms with Crippen LogP contribution in [-0.4, -0.2) is 40.1 Å². The van der Waals surface area contributed by atoms with Crippen LogP contribution < -0.4 is 5.32 Å². The summed E-state index contributed by atoms with van der Waals surface area (Å²) in [6.45, 7) is 7.88. The first-order valence-corrected chi connectivity index (χ1v) is 10.1. The number of hydrogen-bond donors (Lipinski definition) is 1. The van der Waals surface area contributed by atoms with E-state index in [1.807, 2.05) is 27.0 Å². The average molecular weight is 477 g/mol. The number of alkyl carbamates (subject to hydrolysis) is 1. The SMILES string of the molecule is CCOC(=O)Cn1cc(I)c(C2CCC(NC(=O)OC(C)(C)C)CC2)n1. The predicted octanol–water partition coefficient (Wildman–Crippen LogP) is 3.60. The number of aromatic nitrogens is 2. The Hall–Kier alpha value is -1.32. The van der Waals surface area contributed by atoms with E-state index in [-0.39, 0.29) is 24.6 Å². The van der Waals surface area contributed by atoms with E-state index in [0.717, 1.165) is 34.9 Å². The molecule has 8 heteroatoms. The Labute approximate surface area is 168 Å². The first-order chi connectivity index (χ1) is 12.2. The van der Waals surface area contributed by atoms with Crippen LogP contribution in [0.3, 0.4) is 0 Å². The molecule has 0 radical (unpaired) electrons. The lowest BCUT2D eigenvalue weighted by Crippen LogP contribution is -2.40. The lowest BCUT2D eigenvalue weighted by atomic mass is 9.84. The highest BCUT2D eigenvalue weighted by Crippen LogP contribution is 2.34. The number of rotatable bonds is 5. The van der Waals surface area contributed by atoms with E-state index in [0.29, 0.717) is 12.5 Å². The molecule has 1 aromatic heterocycles. The molecule has 0 aliphatic heterocycles. The lowest BCUT2D eigenvalue weighted by molar-refractivity contribution is -0.144. The maximum Gasteiger partial charge on any atom is 0.407 e. The maximum atomic E-state index is 11.9. The highest BCUT2D eigenvalue weighted by atomic mass is 127. The van der Waals surface area contributed by atoms with Crippen LogP contribution in [0, 0.1) is 3.57 Å². The van der Waals surface area contributed by atoms with Gasteiger partial charge in [0.1, 0.15) is 12.1 Å². The molecule has 0 spiro atoms. The van der Waals surface area contributed by atoms with Crippen LogP contribution >= 0.6 is 22.6 Å². The minimum Gasteiger partial charge on any atom is -0.465 e. The normalized spacial score (nSPS) is 20.5. The molecule has 1 aliphatic carbocycles. The fourth-order valence-electron chi connectivity index (χ4n) is 3.09. The van der Waals surface area contributed by atoms with Gasteiger partial charge in [-0.1, -0.05) is 0 Å². The van der Waals surface area contributed by atoms with Gasteiger partial charge in [0.25, 0.3) is 0 Å². The molecule has 26 heavy (non-hydrogen) atoms. The number of carbonyl (C=O) groups excluding carboxylic acids is 2. The van der Waals surface area contributed by atoms with Crippen molar-refractivity contribution in [1.29, 1.82) is 0 Å². The van der Waals surface area contributed by atoms with Gasteiger partial charge in [0, 0.05) is 18.2 Å². The number of hydrogen-bond acceptors (Lipinski definition) is 5. The minimum atomic E-state index is -0.483. The molecule has 0 bridgehead atoms. The molecule has 0 atom stereocenters. The minimum absolute atomic E-state index is 0.138. The lowest BCUT2D eigenvalue weighted by Gasteiger charge is -2.29. The fraction of sp³-hybridized carbons (Fsp3) is 0.722. The molecular weight excluding hydrogens is 449 g/mol. The molecule has 0 unspecified atom stereocenters. The molecule has 146 valence electrons. The van der Waals surface area contributed by atoms with Crippen LogP contribution in [0.1, 0.15) is 65.0 Å². The fourth-order valence-corrected chi connectivity index (χ4v) is 3.96. The van der Waals surface area contributed by atoms with Crippen molar-refractivity contribution in [3.63, 3.8) is 0 Å². The Balaban J connectivity index is 1.87. The van der Waals surface area contributed by atoms with Crippen LogP contribution in [0.5, 0.6) is 0 Å². The summed E-state index contributed by atoms with van der Waals surface area (Å²) in [5.41, 5.74) is 0.550. The summed E-state index contributed by atoms with van der Waals surface area (Å²) in [4.78, 5) is 23.5. The Morgan fingerprint density at radius 3 is 2.54 bits per heavy atom. The molecule has 0 saturated heterocycles. The third-order valence-corrected chi connectivity index (χ3v) is 5.01. The van der Waals surface area contributed by atoms with Crippen molar-refractivity contribution in [2.75, 3.05) is 6.61 Å². The van der Waals surface area contributed by atoms with Gasteiger partial charge in [-0.25, -0.2) is 4.79 Å². The molecule has 1 heterocycles. The van der Waals surface area contributed by atoms with Gasteiger partial charge in [0.15, 0.2) is 0 Å². The van der Waals surface area contributed by atoms with Gasteiger partial charge >= 0.3 is 12.1 Å². The Morgan fingerprint density at radius 1 is 1.31 bits per heavy atom. The van der Waals surface area contributed by atoms with Crippen molar-refractivity contribution in [2.45, 2.75) is 77.5 Å². The second-order valence-corrected chi connectivity index (χ2v) is 8.72. The quantitative estimate of drug-likeness (QED) is 0.518. The van der Waals surface area contributed by atoms with Gasteiger partial charge in [0.2, 0.25) is 0 Å². The molecule has 2 rings (SSSR count). The molecule has 1 aromatic rings. The summed E-state index contributed by atoms with van der Waals surface area (Å²) >= 11 is 2.27. The summed E-state index contributed by atoms with van der Waals surface area (Å²) in [6.07, 6.45) is 5.22. The van der Waals surface area contributed by atoms with Gasteiger partial charge in [0.05, 0.1) is 15.9 Å². The highest BCUT2D eigenvalue weighted by molar-refractivity contribution is 14.1. The molecular formula is C18H28IN3O4. The van der Waals surface area contributed by atoms with Crippen LogP contribution in [0.4, 0.5) is 4.79 Å². The zero-order valence-corrected chi connectivity index (χ0v) is 18.0. The van der Waals surface area contributed by atoms with E-state index >= 15 is 0 Å². The molecule has 1 N–H and O–H groups in total. The van der Waals surface area contributed by atoms with Crippen LogP contribution in [0.15, 0.2) is 6.20 Å². The molecule has 0 aromatic carbocycles. The zero-order chi connectivity index (χ0) is 19.3. The third-order valence-electron chi connectivity index (χ3n) is 4.17. The van der Waals surface area contributed by atoms with Crippen molar-refractivity contribution >= 4 is 34.7 Å². The monoisotopic (exact) mass is 477 g/mol. The smallest absolute Gasteiger partial charge is 0.407 e. The molecule has 7 nitrogen and oxygen atoms in total. The number of amides is 1. The standard InChI is InChI=1S/C18H28IN3O4/c1-5-25-15(23)11-22-10-14(19)16(21-22)12-6-8-13(9-7-12)20-17(24)26-18(2,3)4/h10,12-13H,5-9,11H2,1-4H3,(H,20,24). The number of carbonyl (C=O) groups is 2. The van der Waals surface area contributed by atoms with Crippen molar-refractivity contribution in [1.82, 2.24) is 15.1 Å². The highest BCUT2D eigenvalue weighted by Gasteiger charge is 2.28. The van der Waals surface area contributed by atoms with Crippen molar-refractivity contribution in [2.24, 2.45) is 0 Å². The van der Waals surface area contributed by atoms with E-state index in [2.05, 4.69) is 33.0 Å². The summed E-state index contributed by atoms with van der Waals surface area (Å²) in [5.74, 6) is 0.0743. The Kier molecular flexibility index (Phi) is 7.31. The van der Waals surface area contributed by atoms with E-state index in [1.165, 1.54) is 0 Å². The molecule has 1 fully saturated rings. The first-order valence-electron chi connectivity index (χ1n) is 9.06. The van der Waals surface area contributed by atoms with Crippen LogP contribution in [0.25, 0.3) is 0 Å². The number of ether oxygens (including phenoxy) is 2. The summed E-state index contributed by atoms with van der Waals surface area (Å²) in [7, 11) is 0. The van der Waals surface area contributed by atoms with Gasteiger partial charge in [-0.3, -0.25) is 9.48 Å². The first kappa shape index (κ1) is 21.0. The Morgan fingerprint density at radius 2 is 1.96 bits per heavy atom. The van der Waals surface area contributed by atoms with E-state index in [1.54, 1.807) is 11.6 Å². The van der Waals surface area contributed by atoms with Gasteiger partial charge in [-0.2, -0.15) is 5.10 Å². The summed E-state index contributed by atoms with van der Waals surface area (Å²) in [6, 6.07) is 0.139. The number of halogens is 1. The number of nitrogens with one attached hydrogen (secondary N) is 1. The molecule has 1 amide bonds. The summed E-state index contributed by atoms with van der Waals surface area (Å²) < 4.78 is 13.0. The predicted molar refractivity (Wildman–Crippen MR) is 106 cm³/mol. The van der Waals surface area contributed by atoms with Gasteiger partial charge in [-0.05, 0) is 76.0 Å². The van der Waals surface area contributed by atoms with Gasteiger partial charge in [-0.15, -0.1) is 0 Å². The van der Waals surface area contributed by atoms with E-state index in [4.69, 9.17) is 9.47 Å². The second-order valence-electron chi connectivity index (χ2n) is 7.56. The van der Waals surface area contributed by atoms with Crippen molar-refractivity contribution in [3.05, 3.63) is 15.5 Å². The van der Waals surface area contributed by atoms with Crippen molar-refractivity contribution < 1.29 is 19.1 Å². The van der Waals surface area contributed by atoms with Gasteiger partial charge < -0.3 is 14.8 Å². The van der Waals surface area contributed by atoms with Crippen molar-refractivity contribution in [3.8, 4) is 0 Å². The van der Waals surface area contributed by atoms with E-state index < -0.39 is 5.60 Å². The summed E-state index contributed by atoms with van der Waals surface area (Å²) in [5, 5.41) is 7.54. The van der Waals surface area contributed by atoms with Crippen LogP contribution in [-0.2, 0) is 20.8 Å². The third kappa shape index (κ3) is 6.44. The zero-order valence-electron chi connectivity index (χ0n) is 15.9. The number of esters is 1. The maximum absolute atomic E-state index is 11.9. The second kappa shape index (κ2) is 9.05. The largest absolute Gasteiger partial charge is 0.465 e. The van der Waals surface area contributed by atoms with Crippen LogP contribution in [0.2, 0.25) is 0 Å². The topological polar surface area (TPSA) is 82.5 Å².